The topological polar surface area (TPSA) is 69.2 Å². The van der Waals surface area contributed by atoms with E-state index >= 15 is 0 Å². The summed E-state index contributed by atoms with van der Waals surface area (Å²) >= 11 is 0. The molecule has 1 aliphatic rings. The molecule has 1 atom stereocenters. The second-order valence-electron chi connectivity index (χ2n) is 3.30. The van der Waals surface area contributed by atoms with Crippen molar-refractivity contribution in [1.82, 2.24) is 14.9 Å². The summed E-state index contributed by atoms with van der Waals surface area (Å²) in [6.45, 7) is 0.631. The second-order valence-corrected chi connectivity index (χ2v) is 3.30. The van der Waals surface area contributed by atoms with Gasteiger partial charge in [0.05, 0.1) is 17.7 Å². The Kier molecular flexibility index (Phi) is 1.81. The molecule has 0 fully saturated rings. The number of hydrogen-bond donors (Lipinski definition) is 2. The van der Waals surface area contributed by atoms with E-state index in [4.69, 9.17) is 5.11 Å². The van der Waals surface area contributed by atoms with Gasteiger partial charge in [-0.05, 0) is 7.05 Å². The number of aromatic nitrogens is 2. The zero-order valence-electron chi connectivity index (χ0n) is 7.32. The maximum absolute atomic E-state index is 10.8. The number of carboxylic acids is 1. The first-order valence-electron chi connectivity index (χ1n) is 4.12. The van der Waals surface area contributed by atoms with Crippen LogP contribution in [0.1, 0.15) is 11.4 Å². The molecule has 2 N–H and O–H groups in total. The number of imidazole rings is 1. The lowest BCUT2D eigenvalue weighted by atomic mass is 10.0. The minimum atomic E-state index is -0.781. The molecular weight excluding hydrogens is 170 g/mol. The highest BCUT2D eigenvalue weighted by Crippen LogP contribution is 2.18. The van der Waals surface area contributed by atoms with Gasteiger partial charge in [-0.15, -0.1) is 0 Å². The Morgan fingerprint density at radius 3 is 3.31 bits per heavy atom. The van der Waals surface area contributed by atoms with Gasteiger partial charge < -0.3 is 10.1 Å². The van der Waals surface area contributed by atoms with Crippen molar-refractivity contribution in [3.8, 4) is 0 Å². The number of likely N-dealkylation sites (N-methyl/N-ethyl adjacent to an activating group) is 1. The second kappa shape index (κ2) is 2.85. The van der Waals surface area contributed by atoms with Crippen molar-refractivity contribution in [3.63, 3.8) is 0 Å². The number of carbonyl (C=O) groups is 1. The van der Waals surface area contributed by atoms with Gasteiger partial charge in [0.25, 0.3) is 0 Å². The van der Waals surface area contributed by atoms with Gasteiger partial charge in [0.1, 0.15) is 6.04 Å². The molecule has 1 aromatic rings. The molecule has 0 radical (unpaired) electrons. The van der Waals surface area contributed by atoms with E-state index in [2.05, 4.69) is 9.97 Å². The molecular formula is C8H11N3O2. The van der Waals surface area contributed by atoms with Crippen molar-refractivity contribution >= 4 is 5.97 Å². The third-order valence-corrected chi connectivity index (χ3v) is 2.42. The average Bonchev–Trinajstić information content (AvgIpc) is 2.48. The number of aromatic amines is 1. The van der Waals surface area contributed by atoms with Crippen LogP contribution in [0.15, 0.2) is 6.33 Å². The van der Waals surface area contributed by atoms with E-state index < -0.39 is 12.0 Å². The molecule has 0 aliphatic carbocycles. The van der Waals surface area contributed by atoms with Crippen LogP contribution in [0.5, 0.6) is 0 Å². The Morgan fingerprint density at radius 1 is 1.85 bits per heavy atom. The highest BCUT2D eigenvalue weighted by molar-refractivity contribution is 5.74. The molecule has 0 aromatic carbocycles. The number of H-pyrrole nitrogens is 1. The van der Waals surface area contributed by atoms with E-state index in [1.807, 2.05) is 11.9 Å². The largest absolute Gasteiger partial charge is 0.480 e. The number of nitrogens with zero attached hydrogens (tertiary/aromatic N) is 2. The Hall–Kier alpha value is -1.36. The van der Waals surface area contributed by atoms with Crippen LogP contribution in [-0.4, -0.2) is 39.0 Å². The van der Waals surface area contributed by atoms with E-state index in [1.165, 1.54) is 0 Å². The van der Waals surface area contributed by atoms with Crippen molar-refractivity contribution in [2.75, 3.05) is 7.05 Å². The lowest BCUT2D eigenvalue weighted by Crippen LogP contribution is -2.43. The number of rotatable bonds is 1. The van der Waals surface area contributed by atoms with Crippen LogP contribution < -0.4 is 0 Å². The molecule has 13 heavy (non-hydrogen) atoms. The summed E-state index contributed by atoms with van der Waals surface area (Å²) in [7, 11) is 1.81. The molecule has 2 rings (SSSR count). The van der Waals surface area contributed by atoms with Crippen LogP contribution in [0.2, 0.25) is 0 Å². The fraction of sp³-hybridized carbons (Fsp3) is 0.500. The molecule has 0 amide bonds. The molecule has 70 valence electrons. The van der Waals surface area contributed by atoms with Crippen LogP contribution >= 0.6 is 0 Å². The summed E-state index contributed by atoms with van der Waals surface area (Å²) in [5, 5.41) is 8.89. The van der Waals surface area contributed by atoms with Gasteiger partial charge in [0.15, 0.2) is 0 Å². The molecule has 1 aromatic heterocycles. The molecule has 0 bridgehead atoms. The van der Waals surface area contributed by atoms with Crippen molar-refractivity contribution in [2.45, 2.75) is 19.0 Å². The van der Waals surface area contributed by atoms with Crippen molar-refractivity contribution in [2.24, 2.45) is 0 Å². The van der Waals surface area contributed by atoms with Gasteiger partial charge in [0.2, 0.25) is 0 Å². The van der Waals surface area contributed by atoms with Crippen LogP contribution in [0.25, 0.3) is 0 Å². The fourth-order valence-electron chi connectivity index (χ4n) is 1.64. The molecule has 0 saturated carbocycles. The van der Waals surface area contributed by atoms with Gasteiger partial charge in [-0.25, -0.2) is 4.98 Å². The summed E-state index contributed by atoms with van der Waals surface area (Å²) in [5.74, 6) is -0.781. The van der Waals surface area contributed by atoms with Crippen LogP contribution in [0, 0.1) is 0 Å². The first kappa shape index (κ1) is 8.25. The van der Waals surface area contributed by atoms with Gasteiger partial charge in [-0.3, -0.25) is 9.69 Å². The Balaban J connectivity index is 2.27. The van der Waals surface area contributed by atoms with Crippen molar-refractivity contribution in [1.29, 1.82) is 0 Å². The molecule has 2 heterocycles. The third-order valence-electron chi connectivity index (χ3n) is 2.42. The lowest BCUT2D eigenvalue weighted by Gasteiger charge is -2.28. The molecule has 5 nitrogen and oxygen atoms in total. The Morgan fingerprint density at radius 2 is 2.62 bits per heavy atom. The Bertz CT molecular complexity index is 334. The van der Waals surface area contributed by atoms with Crippen LogP contribution in [-0.2, 0) is 17.8 Å². The number of hydrogen-bond acceptors (Lipinski definition) is 3. The van der Waals surface area contributed by atoms with Crippen LogP contribution in [0.4, 0.5) is 0 Å². The smallest absolute Gasteiger partial charge is 0.321 e. The van der Waals surface area contributed by atoms with Crippen molar-refractivity contribution in [3.05, 3.63) is 17.7 Å². The summed E-state index contributed by atoms with van der Waals surface area (Å²) in [5.41, 5.74) is 1.91. The van der Waals surface area contributed by atoms with E-state index in [9.17, 15) is 4.79 Å². The van der Waals surface area contributed by atoms with Crippen LogP contribution in [0.3, 0.4) is 0 Å². The minimum Gasteiger partial charge on any atom is -0.480 e. The maximum atomic E-state index is 10.8. The first-order chi connectivity index (χ1) is 6.18. The van der Waals surface area contributed by atoms with E-state index in [0.29, 0.717) is 13.0 Å². The van der Waals surface area contributed by atoms with E-state index in [1.54, 1.807) is 6.33 Å². The quantitative estimate of drug-likeness (QED) is 0.632. The molecule has 1 aliphatic heterocycles. The summed E-state index contributed by atoms with van der Waals surface area (Å²) in [4.78, 5) is 19.7. The van der Waals surface area contributed by atoms with E-state index in [0.717, 1.165) is 11.4 Å². The van der Waals surface area contributed by atoms with E-state index in [-0.39, 0.29) is 0 Å². The summed E-state index contributed by atoms with van der Waals surface area (Å²) < 4.78 is 0. The average molecular weight is 181 g/mol. The summed E-state index contributed by atoms with van der Waals surface area (Å²) in [6.07, 6.45) is 2.10. The molecule has 5 heteroatoms. The fourth-order valence-corrected chi connectivity index (χ4v) is 1.64. The third kappa shape index (κ3) is 1.31. The predicted molar refractivity (Wildman–Crippen MR) is 45.2 cm³/mol. The monoisotopic (exact) mass is 181 g/mol. The van der Waals surface area contributed by atoms with Crippen molar-refractivity contribution < 1.29 is 9.90 Å². The summed E-state index contributed by atoms with van der Waals surface area (Å²) in [6, 6.07) is -0.434. The molecule has 1 unspecified atom stereocenters. The van der Waals surface area contributed by atoms with Gasteiger partial charge in [-0.1, -0.05) is 0 Å². The normalized spacial score (nSPS) is 22.7. The number of carboxylic acid groups (broad SMARTS) is 1. The highest BCUT2D eigenvalue weighted by atomic mass is 16.4. The maximum Gasteiger partial charge on any atom is 0.321 e. The van der Waals surface area contributed by atoms with Gasteiger partial charge >= 0.3 is 5.97 Å². The number of nitrogens with one attached hydrogen (secondary N) is 1. The number of aliphatic carboxylic acids is 1. The zero-order chi connectivity index (χ0) is 9.42. The molecule has 0 saturated heterocycles. The minimum absolute atomic E-state index is 0.434. The Labute approximate surface area is 75.4 Å². The van der Waals surface area contributed by atoms with Gasteiger partial charge in [-0.2, -0.15) is 0 Å². The standard InChI is InChI=1S/C8H11N3O2/c1-11-3-6-5(9-4-10-6)2-7(11)8(12)13/h4,7H,2-3H2,1H3,(H,9,10)(H,12,13). The highest BCUT2D eigenvalue weighted by Gasteiger charge is 2.29. The molecule has 0 spiro atoms. The SMILES string of the molecule is CN1Cc2[nH]cnc2CC1C(=O)O. The number of fused-ring (bicyclic) bond motifs is 1. The predicted octanol–water partition coefficient (Wildman–Crippen LogP) is -0.149. The first-order valence-corrected chi connectivity index (χ1v) is 4.12. The zero-order valence-corrected chi connectivity index (χ0v) is 7.32. The van der Waals surface area contributed by atoms with Gasteiger partial charge in [0, 0.05) is 13.0 Å². The lowest BCUT2D eigenvalue weighted by molar-refractivity contribution is -0.143.